The van der Waals surface area contributed by atoms with Crippen molar-refractivity contribution in [1.29, 1.82) is 0 Å². The Labute approximate surface area is 143 Å². The minimum atomic E-state index is -0.513. The second-order valence-electron chi connectivity index (χ2n) is 5.92. The second-order valence-corrected chi connectivity index (χ2v) is 5.92. The number of nitrogens with zero attached hydrogens (tertiary/aromatic N) is 2. The molecule has 6 heteroatoms. The first-order valence-corrected chi connectivity index (χ1v) is 8.06. The summed E-state index contributed by atoms with van der Waals surface area (Å²) >= 11 is 0. The Balaban J connectivity index is 1.74. The highest BCUT2D eigenvalue weighted by Gasteiger charge is 2.28. The van der Waals surface area contributed by atoms with Gasteiger partial charge in [-0.25, -0.2) is 13.5 Å². The van der Waals surface area contributed by atoms with E-state index in [1.54, 1.807) is 30.3 Å². The Morgan fingerprint density at radius 1 is 1.00 bits per heavy atom. The lowest BCUT2D eigenvalue weighted by Gasteiger charge is -2.06. The molecule has 2 aromatic carbocycles. The number of carbonyl (C=O) groups is 1. The lowest BCUT2D eigenvalue weighted by molar-refractivity contribution is 0.102. The second kappa shape index (κ2) is 6.12. The summed E-state index contributed by atoms with van der Waals surface area (Å²) in [6.07, 6.45) is 2.30. The lowest BCUT2D eigenvalue weighted by Crippen LogP contribution is -2.16. The Kier molecular flexibility index (Phi) is 3.80. The molecule has 3 aromatic rings. The van der Waals surface area contributed by atoms with Gasteiger partial charge in [-0.15, -0.1) is 0 Å². The highest BCUT2D eigenvalue weighted by atomic mass is 19.1. The number of benzene rings is 2. The Morgan fingerprint density at radius 2 is 1.72 bits per heavy atom. The van der Waals surface area contributed by atoms with Gasteiger partial charge in [0.25, 0.3) is 5.91 Å². The minimum absolute atomic E-state index is 0.0969. The van der Waals surface area contributed by atoms with Crippen molar-refractivity contribution in [3.63, 3.8) is 0 Å². The summed E-state index contributed by atoms with van der Waals surface area (Å²) in [5.41, 5.74) is 2.27. The lowest BCUT2D eigenvalue weighted by atomic mass is 10.2. The van der Waals surface area contributed by atoms with Crippen molar-refractivity contribution in [3.05, 3.63) is 77.1 Å². The molecule has 1 aliphatic carbocycles. The van der Waals surface area contributed by atoms with Crippen molar-refractivity contribution >= 4 is 11.6 Å². The van der Waals surface area contributed by atoms with Crippen molar-refractivity contribution < 1.29 is 13.6 Å². The van der Waals surface area contributed by atoms with E-state index in [4.69, 9.17) is 0 Å². The molecule has 1 amide bonds. The number of hydrogen-bond donors (Lipinski definition) is 1. The van der Waals surface area contributed by atoms with Gasteiger partial charge in [-0.1, -0.05) is 24.3 Å². The van der Waals surface area contributed by atoms with Gasteiger partial charge in [0.15, 0.2) is 5.69 Å². The third-order valence-electron chi connectivity index (χ3n) is 4.35. The van der Waals surface area contributed by atoms with Crippen LogP contribution in [-0.2, 0) is 12.8 Å². The molecule has 0 spiro atoms. The highest BCUT2D eigenvalue weighted by Crippen LogP contribution is 2.29. The van der Waals surface area contributed by atoms with E-state index >= 15 is 0 Å². The van der Waals surface area contributed by atoms with Gasteiger partial charge in [0.2, 0.25) is 0 Å². The standard InChI is InChI=1S/C19H15F2N3O/c20-13-7-1-3-9-15(13)22-19(25)18-12-6-5-11-16(12)24(23-18)17-10-4-2-8-14(17)21/h1-4,7-10H,5-6,11H2,(H,22,25). The Morgan fingerprint density at radius 3 is 2.48 bits per heavy atom. The van der Waals surface area contributed by atoms with Crippen molar-refractivity contribution in [3.8, 4) is 5.69 Å². The molecule has 1 heterocycles. The maximum Gasteiger partial charge on any atom is 0.276 e. The van der Waals surface area contributed by atoms with Gasteiger partial charge in [-0.2, -0.15) is 5.10 Å². The number of rotatable bonds is 3. The number of carbonyl (C=O) groups excluding carboxylic acids is 1. The van der Waals surface area contributed by atoms with E-state index in [1.165, 1.54) is 22.9 Å². The van der Waals surface area contributed by atoms with Crippen LogP contribution in [0.1, 0.15) is 28.2 Å². The van der Waals surface area contributed by atoms with E-state index in [0.29, 0.717) is 12.1 Å². The SMILES string of the molecule is O=C(Nc1ccccc1F)c1nn(-c2ccccc2F)c2c1CCC2. The smallest absolute Gasteiger partial charge is 0.276 e. The largest absolute Gasteiger partial charge is 0.318 e. The molecule has 0 bridgehead atoms. The summed E-state index contributed by atoms with van der Waals surface area (Å²) < 4.78 is 29.4. The topological polar surface area (TPSA) is 46.9 Å². The zero-order valence-electron chi connectivity index (χ0n) is 13.3. The van der Waals surface area contributed by atoms with E-state index in [-0.39, 0.29) is 11.4 Å². The summed E-state index contributed by atoms with van der Waals surface area (Å²) in [6, 6.07) is 12.3. The van der Waals surface area contributed by atoms with Gasteiger partial charge in [-0.05, 0) is 43.5 Å². The average molecular weight is 339 g/mol. The highest BCUT2D eigenvalue weighted by molar-refractivity contribution is 6.04. The van der Waals surface area contributed by atoms with Crippen LogP contribution in [0.5, 0.6) is 0 Å². The maximum atomic E-state index is 14.1. The number of para-hydroxylation sites is 2. The number of amides is 1. The number of halogens is 2. The van der Waals surface area contributed by atoms with Crippen molar-refractivity contribution in [1.82, 2.24) is 9.78 Å². The Bertz CT molecular complexity index is 965. The zero-order chi connectivity index (χ0) is 17.4. The van der Waals surface area contributed by atoms with Crippen LogP contribution in [-0.4, -0.2) is 15.7 Å². The van der Waals surface area contributed by atoms with Crippen LogP contribution in [0.3, 0.4) is 0 Å². The molecule has 1 N–H and O–H groups in total. The molecule has 4 rings (SSSR count). The predicted molar refractivity (Wildman–Crippen MR) is 89.9 cm³/mol. The molecule has 0 fully saturated rings. The Hall–Kier alpha value is -3.02. The third kappa shape index (κ3) is 2.69. The van der Waals surface area contributed by atoms with Gasteiger partial charge in [0.1, 0.15) is 17.3 Å². The molecular weight excluding hydrogens is 324 g/mol. The van der Waals surface area contributed by atoms with Crippen LogP contribution in [0, 0.1) is 11.6 Å². The van der Waals surface area contributed by atoms with Crippen molar-refractivity contribution in [2.75, 3.05) is 5.32 Å². The van der Waals surface area contributed by atoms with E-state index in [1.807, 2.05) is 0 Å². The summed E-state index contributed by atoms with van der Waals surface area (Å²) in [5.74, 6) is -1.40. The minimum Gasteiger partial charge on any atom is -0.318 e. The van der Waals surface area contributed by atoms with Gasteiger partial charge >= 0.3 is 0 Å². The molecule has 126 valence electrons. The number of nitrogens with one attached hydrogen (secondary N) is 1. The fourth-order valence-electron chi connectivity index (χ4n) is 3.19. The number of anilines is 1. The summed E-state index contributed by atoms with van der Waals surface area (Å²) in [5, 5.41) is 6.88. The molecule has 0 aliphatic heterocycles. The monoisotopic (exact) mass is 339 g/mol. The van der Waals surface area contributed by atoms with Crippen LogP contribution >= 0.6 is 0 Å². The van der Waals surface area contributed by atoms with Gasteiger partial charge in [0, 0.05) is 11.3 Å². The molecule has 25 heavy (non-hydrogen) atoms. The van der Waals surface area contributed by atoms with Gasteiger partial charge in [0.05, 0.1) is 5.69 Å². The van der Waals surface area contributed by atoms with Crippen LogP contribution < -0.4 is 5.32 Å². The van der Waals surface area contributed by atoms with E-state index in [0.717, 1.165) is 24.1 Å². The van der Waals surface area contributed by atoms with Crippen LogP contribution in [0.25, 0.3) is 5.69 Å². The third-order valence-corrected chi connectivity index (χ3v) is 4.35. The van der Waals surface area contributed by atoms with Crippen LogP contribution in [0.4, 0.5) is 14.5 Å². The molecular formula is C19H15F2N3O. The molecule has 0 saturated heterocycles. The molecule has 0 unspecified atom stereocenters. The predicted octanol–water partition coefficient (Wildman–Crippen LogP) is 3.89. The van der Waals surface area contributed by atoms with Crippen LogP contribution in [0.2, 0.25) is 0 Å². The van der Waals surface area contributed by atoms with E-state index < -0.39 is 17.5 Å². The van der Waals surface area contributed by atoms with Gasteiger partial charge in [-0.3, -0.25) is 4.79 Å². The number of aromatic nitrogens is 2. The summed E-state index contributed by atoms with van der Waals surface area (Å²) in [6.45, 7) is 0. The first-order valence-electron chi connectivity index (χ1n) is 8.06. The quantitative estimate of drug-likeness (QED) is 0.787. The van der Waals surface area contributed by atoms with E-state index in [9.17, 15) is 13.6 Å². The van der Waals surface area contributed by atoms with Gasteiger partial charge < -0.3 is 5.32 Å². The zero-order valence-corrected chi connectivity index (χ0v) is 13.3. The summed E-state index contributed by atoms with van der Waals surface area (Å²) in [7, 11) is 0. The molecule has 0 radical (unpaired) electrons. The number of hydrogen-bond acceptors (Lipinski definition) is 2. The maximum absolute atomic E-state index is 14.1. The van der Waals surface area contributed by atoms with Crippen molar-refractivity contribution in [2.24, 2.45) is 0 Å². The molecule has 1 aromatic heterocycles. The fourth-order valence-corrected chi connectivity index (χ4v) is 3.19. The first kappa shape index (κ1) is 15.5. The summed E-state index contributed by atoms with van der Waals surface area (Å²) in [4.78, 5) is 12.6. The molecule has 4 nitrogen and oxygen atoms in total. The molecule has 0 atom stereocenters. The van der Waals surface area contributed by atoms with E-state index in [2.05, 4.69) is 10.4 Å². The molecule has 1 aliphatic rings. The fraction of sp³-hybridized carbons (Fsp3) is 0.158. The van der Waals surface area contributed by atoms with Crippen LogP contribution in [0.15, 0.2) is 48.5 Å². The first-order chi connectivity index (χ1) is 12.1. The molecule has 0 saturated carbocycles. The van der Waals surface area contributed by atoms with Crippen molar-refractivity contribution in [2.45, 2.75) is 19.3 Å². The number of fused-ring (bicyclic) bond motifs is 1. The average Bonchev–Trinajstić information content (AvgIpc) is 3.20. The normalized spacial score (nSPS) is 12.9.